The highest BCUT2D eigenvalue weighted by molar-refractivity contribution is 6.29. The highest BCUT2D eigenvalue weighted by atomic mass is 35.5. The van der Waals surface area contributed by atoms with Crippen molar-refractivity contribution in [3.8, 4) is 0 Å². The zero-order valence-corrected chi connectivity index (χ0v) is 17.8. The van der Waals surface area contributed by atoms with E-state index in [9.17, 15) is 18.8 Å². The minimum atomic E-state index is -0.899. The van der Waals surface area contributed by atoms with Crippen LogP contribution in [-0.4, -0.2) is 58.3 Å². The number of aromatic nitrogens is 2. The van der Waals surface area contributed by atoms with Crippen LogP contribution in [0.25, 0.3) is 11.0 Å². The SMILES string of the molecule is O=C1CCN(C(=O)[C@H](Cc2ccc(F)cc2)NC(=O)c2cc3ccc(Cl)nc3[nH]2)CCN1. The number of H-pyrrole nitrogens is 1. The Morgan fingerprint density at radius 3 is 2.75 bits per heavy atom. The molecule has 1 fully saturated rings. The third kappa shape index (κ3) is 5.05. The molecular weight excluding hydrogens is 437 g/mol. The number of benzene rings is 1. The van der Waals surface area contributed by atoms with E-state index >= 15 is 0 Å². The van der Waals surface area contributed by atoms with E-state index in [0.29, 0.717) is 34.8 Å². The van der Waals surface area contributed by atoms with Crippen LogP contribution in [0.15, 0.2) is 42.5 Å². The monoisotopic (exact) mass is 457 g/mol. The first-order chi connectivity index (χ1) is 15.4. The minimum absolute atomic E-state index is 0.122. The Bertz CT molecular complexity index is 1160. The van der Waals surface area contributed by atoms with Crippen molar-refractivity contribution in [2.24, 2.45) is 0 Å². The van der Waals surface area contributed by atoms with Crippen molar-refractivity contribution in [2.75, 3.05) is 19.6 Å². The van der Waals surface area contributed by atoms with Crippen molar-refractivity contribution in [1.82, 2.24) is 25.5 Å². The molecule has 0 unspecified atom stereocenters. The number of halogens is 2. The van der Waals surface area contributed by atoms with Gasteiger partial charge < -0.3 is 20.5 Å². The summed E-state index contributed by atoms with van der Waals surface area (Å²) in [5.74, 6) is -1.30. The molecule has 1 aromatic carbocycles. The van der Waals surface area contributed by atoms with Gasteiger partial charge in [0.05, 0.1) is 0 Å². The lowest BCUT2D eigenvalue weighted by atomic mass is 10.0. The standard InChI is InChI=1S/C22H21ClFN5O3/c23-18-6-3-14-12-16(26-20(14)28-18)21(31)27-17(11-13-1-4-15(24)5-2-13)22(32)29-9-7-19(30)25-8-10-29/h1-6,12,17H,7-11H2,(H,25,30)(H,26,28)(H,27,31)/t17-/m0/s1. The highest BCUT2D eigenvalue weighted by Crippen LogP contribution is 2.17. The molecule has 166 valence electrons. The maximum Gasteiger partial charge on any atom is 0.268 e. The third-order valence-electron chi connectivity index (χ3n) is 5.27. The average Bonchev–Trinajstić information content (AvgIpc) is 3.07. The lowest BCUT2D eigenvalue weighted by molar-refractivity contribution is -0.133. The van der Waals surface area contributed by atoms with E-state index in [1.54, 1.807) is 35.2 Å². The average molecular weight is 458 g/mol. The van der Waals surface area contributed by atoms with Gasteiger partial charge >= 0.3 is 0 Å². The first-order valence-electron chi connectivity index (χ1n) is 10.1. The predicted octanol–water partition coefficient (Wildman–Crippen LogP) is 2.04. The number of hydrogen-bond donors (Lipinski definition) is 3. The highest BCUT2D eigenvalue weighted by Gasteiger charge is 2.28. The molecule has 0 radical (unpaired) electrons. The Kier molecular flexibility index (Phi) is 6.36. The van der Waals surface area contributed by atoms with Crippen LogP contribution in [0.3, 0.4) is 0 Å². The van der Waals surface area contributed by atoms with Gasteiger partial charge in [-0.25, -0.2) is 9.37 Å². The molecule has 1 aliphatic rings. The molecule has 3 heterocycles. The second kappa shape index (κ2) is 9.35. The number of carbonyl (C=O) groups is 3. The summed E-state index contributed by atoms with van der Waals surface area (Å²) in [5, 5.41) is 6.50. The van der Waals surface area contributed by atoms with Gasteiger partial charge in [0.2, 0.25) is 11.8 Å². The van der Waals surface area contributed by atoms with E-state index in [4.69, 9.17) is 11.6 Å². The van der Waals surface area contributed by atoms with Gasteiger partial charge in [0.25, 0.3) is 5.91 Å². The first-order valence-corrected chi connectivity index (χ1v) is 10.5. The molecular formula is C22H21ClFN5O3. The van der Waals surface area contributed by atoms with Crippen molar-refractivity contribution < 1.29 is 18.8 Å². The fourth-order valence-corrected chi connectivity index (χ4v) is 3.75. The summed E-state index contributed by atoms with van der Waals surface area (Å²) in [6.45, 7) is 0.945. The van der Waals surface area contributed by atoms with Gasteiger partial charge in [0.1, 0.15) is 28.4 Å². The number of hydrogen-bond acceptors (Lipinski definition) is 4. The largest absolute Gasteiger partial charge is 0.354 e. The number of amides is 3. The van der Waals surface area contributed by atoms with Crippen LogP contribution in [0.4, 0.5) is 4.39 Å². The normalized spacial score (nSPS) is 15.2. The third-order valence-corrected chi connectivity index (χ3v) is 5.48. The quantitative estimate of drug-likeness (QED) is 0.509. The summed E-state index contributed by atoms with van der Waals surface area (Å²) in [5.41, 5.74) is 1.39. The smallest absolute Gasteiger partial charge is 0.268 e. The maximum atomic E-state index is 13.3. The van der Waals surface area contributed by atoms with Crippen LogP contribution < -0.4 is 10.6 Å². The summed E-state index contributed by atoms with van der Waals surface area (Å²) in [6.07, 6.45) is 0.366. The molecule has 10 heteroatoms. The summed E-state index contributed by atoms with van der Waals surface area (Å²) in [4.78, 5) is 46.5. The number of pyridine rings is 1. The molecule has 1 aliphatic heterocycles. The fraction of sp³-hybridized carbons (Fsp3) is 0.273. The lowest BCUT2D eigenvalue weighted by Gasteiger charge is -2.26. The molecule has 3 aromatic rings. The Morgan fingerprint density at radius 2 is 1.97 bits per heavy atom. The molecule has 8 nitrogen and oxygen atoms in total. The van der Waals surface area contributed by atoms with E-state index in [0.717, 1.165) is 0 Å². The molecule has 32 heavy (non-hydrogen) atoms. The van der Waals surface area contributed by atoms with Crippen LogP contribution in [0.2, 0.25) is 5.15 Å². The van der Waals surface area contributed by atoms with Crippen LogP contribution in [0, 0.1) is 5.82 Å². The summed E-state index contributed by atoms with van der Waals surface area (Å²) in [6, 6.07) is 9.84. The molecule has 3 N–H and O–H groups in total. The molecule has 4 rings (SSSR count). The molecule has 0 spiro atoms. The van der Waals surface area contributed by atoms with Crippen LogP contribution in [-0.2, 0) is 16.0 Å². The van der Waals surface area contributed by atoms with Crippen molar-refractivity contribution in [3.05, 3.63) is 64.7 Å². The maximum absolute atomic E-state index is 13.3. The van der Waals surface area contributed by atoms with Gasteiger partial charge in [-0.3, -0.25) is 14.4 Å². The molecule has 3 amide bonds. The summed E-state index contributed by atoms with van der Waals surface area (Å²) < 4.78 is 13.3. The molecule has 0 aliphatic carbocycles. The zero-order valence-electron chi connectivity index (χ0n) is 17.0. The molecule has 0 bridgehead atoms. The lowest BCUT2D eigenvalue weighted by Crippen LogP contribution is -2.50. The van der Waals surface area contributed by atoms with Gasteiger partial charge in [0.15, 0.2) is 0 Å². The number of rotatable bonds is 5. The Balaban J connectivity index is 1.56. The Hall–Kier alpha value is -3.46. The number of aromatic amines is 1. The van der Waals surface area contributed by atoms with Gasteiger partial charge in [-0.05, 0) is 35.9 Å². The van der Waals surface area contributed by atoms with Crippen molar-refractivity contribution in [3.63, 3.8) is 0 Å². The Morgan fingerprint density at radius 1 is 1.19 bits per heavy atom. The van der Waals surface area contributed by atoms with E-state index < -0.39 is 11.9 Å². The summed E-state index contributed by atoms with van der Waals surface area (Å²) in [7, 11) is 0. The van der Waals surface area contributed by atoms with Gasteiger partial charge in [0, 0.05) is 37.9 Å². The molecule has 1 atom stereocenters. The van der Waals surface area contributed by atoms with E-state index in [1.165, 1.54) is 12.1 Å². The second-order valence-electron chi connectivity index (χ2n) is 7.54. The Labute approximate surface area is 188 Å². The molecule has 1 saturated heterocycles. The number of nitrogens with one attached hydrogen (secondary N) is 3. The number of carbonyl (C=O) groups excluding carboxylic acids is 3. The predicted molar refractivity (Wildman–Crippen MR) is 117 cm³/mol. The van der Waals surface area contributed by atoms with E-state index in [1.807, 2.05) is 0 Å². The molecule has 0 saturated carbocycles. The fourth-order valence-electron chi connectivity index (χ4n) is 3.60. The minimum Gasteiger partial charge on any atom is -0.354 e. The van der Waals surface area contributed by atoms with Crippen molar-refractivity contribution in [2.45, 2.75) is 18.9 Å². The zero-order chi connectivity index (χ0) is 22.7. The first kappa shape index (κ1) is 21.8. The second-order valence-corrected chi connectivity index (χ2v) is 7.92. The van der Waals surface area contributed by atoms with Crippen LogP contribution >= 0.6 is 11.6 Å². The topological polar surface area (TPSA) is 107 Å². The van der Waals surface area contributed by atoms with E-state index in [2.05, 4.69) is 20.6 Å². The number of fused-ring (bicyclic) bond motifs is 1. The van der Waals surface area contributed by atoms with Gasteiger partial charge in [-0.1, -0.05) is 23.7 Å². The number of nitrogens with zero attached hydrogens (tertiary/aromatic N) is 2. The van der Waals surface area contributed by atoms with Gasteiger partial charge in [-0.15, -0.1) is 0 Å². The van der Waals surface area contributed by atoms with Gasteiger partial charge in [-0.2, -0.15) is 0 Å². The van der Waals surface area contributed by atoms with Crippen LogP contribution in [0.5, 0.6) is 0 Å². The van der Waals surface area contributed by atoms with Crippen LogP contribution in [0.1, 0.15) is 22.5 Å². The molecule has 2 aromatic heterocycles. The van der Waals surface area contributed by atoms with Crippen molar-refractivity contribution >= 4 is 40.4 Å². The van der Waals surface area contributed by atoms with Crippen molar-refractivity contribution in [1.29, 1.82) is 0 Å². The van der Waals surface area contributed by atoms with E-state index in [-0.39, 0.29) is 42.7 Å². The summed E-state index contributed by atoms with van der Waals surface area (Å²) >= 11 is 5.91.